The summed E-state index contributed by atoms with van der Waals surface area (Å²) in [7, 11) is 0. The molecule has 8 nitrogen and oxygen atoms in total. The molecule has 2 aliphatic rings. The summed E-state index contributed by atoms with van der Waals surface area (Å²) in [6, 6.07) is 23.2. The Morgan fingerprint density at radius 1 is 1.07 bits per heavy atom. The van der Waals surface area contributed by atoms with Crippen LogP contribution in [0.5, 0.6) is 5.75 Å². The SMILES string of the molecule is Cc1cc(C2=NC3(CCC(C(C)C)CC3)N(Cc3ccc(C(=O)NCC(=N)N)cc3)C2=O)ccc1OCc1ccccc1. The number of aliphatic imine (C=N–C) groups is 1. The summed E-state index contributed by atoms with van der Waals surface area (Å²) >= 11 is 0. The molecule has 1 saturated carbocycles. The molecule has 3 aromatic carbocycles. The molecule has 43 heavy (non-hydrogen) atoms. The van der Waals surface area contributed by atoms with Crippen LogP contribution >= 0.6 is 0 Å². The summed E-state index contributed by atoms with van der Waals surface area (Å²) in [6.07, 6.45) is 3.71. The number of hydrogen-bond donors (Lipinski definition) is 3. The smallest absolute Gasteiger partial charge is 0.274 e. The molecule has 0 bridgehead atoms. The fraction of sp³-hybridized carbons (Fsp3) is 0.371. The first-order chi connectivity index (χ1) is 20.6. The normalized spacial score (nSPS) is 19.9. The van der Waals surface area contributed by atoms with E-state index in [9.17, 15) is 9.59 Å². The van der Waals surface area contributed by atoms with Gasteiger partial charge in [0, 0.05) is 17.7 Å². The largest absolute Gasteiger partial charge is 0.489 e. The van der Waals surface area contributed by atoms with Crippen molar-refractivity contribution in [2.24, 2.45) is 22.6 Å². The van der Waals surface area contributed by atoms with Crippen molar-refractivity contribution in [3.8, 4) is 5.75 Å². The van der Waals surface area contributed by atoms with E-state index in [2.05, 4.69) is 19.2 Å². The molecular formula is C35H41N5O3. The van der Waals surface area contributed by atoms with Crippen LogP contribution in [-0.2, 0) is 17.9 Å². The molecule has 8 heteroatoms. The second-order valence-corrected chi connectivity index (χ2v) is 12.1. The fourth-order valence-corrected chi connectivity index (χ4v) is 6.11. The fourth-order valence-electron chi connectivity index (χ4n) is 6.11. The first kappa shape index (κ1) is 30.0. The zero-order chi connectivity index (χ0) is 30.6. The first-order valence-corrected chi connectivity index (χ1v) is 15.0. The molecule has 224 valence electrons. The molecule has 0 aromatic heterocycles. The molecule has 1 spiro atoms. The third kappa shape index (κ3) is 6.79. The van der Waals surface area contributed by atoms with Crippen molar-refractivity contribution in [2.45, 2.75) is 65.3 Å². The van der Waals surface area contributed by atoms with Crippen molar-refractivity contribution in [3.05, 3.63) is 101 Å². The van der Waals surface area contributed by atoms with Crippen molar-refractivity contribution in [3.63, 3.8) is 0 Å². The Bertz CT molecular complexity index is 1510. The van der Waals surface area contributed by atoms with Crippen LogP contribution in [0.25, 0.3) is 0 Å². The highest BCUT2D eigenvalue weighted by atomic mass is 16.5. The van der Waals surface area contributed by atoms with Gasteiger partial charge in [0.25, 0.3) is 11.8 Å². The molecule has 2 amide bonds. The van der Waals surface area contributed by atoms with Crippen molar-refractivity contribution >= 4 is 23.4 Å². The molecule has 0 unspecified atom stereocenters. The predicted molar refractivity (Wildman–Crippen MR) is 169 cm³/mol. The highest BCUT2D eigenvalue weighted by Crippen LogP contribution is 2.44. The Balaban J connectivity index is 1.37. The molecule has 0 saturated heterocycles. The number of rotatable bonds is 10. The molecule has 1 aliphatic heterocycles. The van der Waals surface area contributed by atoms with E-state index in [4.69, 9.17) is 20.9 Å². The molecule has 1 heterocycles. The maximum Gasteiger partial charge on any atom is 0.274 e. The van der Waals surface area contributed by atoms with E-state index in [0.29, 0.717) is 36.3 Å². The average molecular weight is 580 g/mol. The third-order valence-corrected chi connectivity index (χ3v) is 8.73. The van der Waals surface area contributed by atoms with Crippen molar-refractivity contribution < 1.29 is 14.3 Å². The van der Waals surface area contributed by atoms with Crippen LogP contribution in [0.3, 0.4) is 0 Å². The summed E-state index contributed by atoms with van der Waals surface area (Å²) < 4.78 is 6.08. The van der Waals surface area contributed by atoms with Crippen LogP contribution < -0.4 is 15.8 Å². The number of amidine groups is 1. The van der Waals surface area contributed by atoms with Crippen LogP contribution in [0.1, 0.15) is 72.1 Å². The lowest BCUT2D eigenvalue weighted by atomic mass is 9.76. The summed E-state index contributed by atoms with van der Waals surface area (Å²) in [5.74, 6) is 1.55. The molecule has 1 fully saturated rings. The molecular weight excluding hydrogens is 538 g/mol. The monoisotopic (exact) mass is 579 g/mol. The van der Waals surface area contributed by atoms with Crippen molar-refractivity contribution in [1.29, 1.82) is 5.41 Å². The lowest BCUT2D eigenvalue weighted by molar-refractivity contribution is -0.130. The molecule has 1 aliphatic carbocycles. The summed E-state index contributed by atoms with van der Waals surface area (Å²) in [5.41, 5.74) is 9.55. The minimum absolute atomic E-state index is 0.00246. The van der Waals surface area contributed by atoms with Gasteiger partial charge in [0.05, 0.1) is 6.54 Å². The quantitative estimate of drug-likeness (QED) is 0.213. The van der Waals surface area contributed by atoms with Crippen molar-refractivity contribution in [1.82, 2.24) is 10.2 Å². The second kappa shape index (κ2) is 12.8. The van der Waals surface area contributed by atoms with Crippen LogP contribution in [-0.4, -0.2) is 40.5 Å². The van der Waals surface area contributed by atoms with Gasteiger partial charge in [0.15, 0.2) is 0 Å². The zero-order valence-corrected chi connectivity index (χ0v) is 25.2. The summed E-state index contributed by atoms with van der Waals surface area (Å²) in [5, 5.41) is 9.95. The highest BCUT2D eigenvalue weighted by molar-refractivity contribution is 6.46. The minimum atomic E-state index is -0.578. The number of nitrogens with one attached hydrogen (secondary N) is 2. The summed E-state index contributed by atoms with van der Waals surface area (Å²) in [4.78, 5) is 33.6. The minimum Gasteiger partial charge on any atom is -0.489 e. The van der Waals surface area contributed by atoms with Crippen LogP contribution in [0.15, 0.2) is 77.8 Å². The van der Waals surface area contributed by atoms with E-state index in [1.165, 1.54) is 0 Å². The first-order valence-electron chi connectivity index (χ1n) is 15.0. The average Bonchev–Trinajstić information content (AvgIpc) is 3.26. The lowest BCUT2D eigenvalue weighted by Crippen LogP contribution is -2.48. The Hall–Kier alpha value is -4.46. The number of nitrogens with two attached hydrogens (primary N) is 1. The van der Waals surface area contributed by atoms with Gasteiger partial charge in [-0.15, -0.1) is 0 Å². The molecule has 4 N–H and O–H groups in total. The van der Waals surface area contributed by atoms with Gasteiger partial charge in [-0.3, -0.25) is 20.0 Å². The molecule has 3 aromatic rings. The maximum atomic E-state index is 14.1. The maximum absolute atomic E-state index is 14.1. The zero-order valence-electron chi connectivity index (χ0n) is 25.2. The van der Waals surface area contributed by atoms with Gasteiger partial charge >= 0.3 is 0 Å². The molecule has 5 rings (SSSR count). The van der Waals surface area contributed by atoms with E-state index in [1.807, 2.05) is 72.5 Å². The Morgan fingerprint density at radius 3 is 2.40 bits per heavy atom. The molecule has 0 radical (unpaired) electrons. The van der Waals surface area contributed by atoms with Crippen LogP contribution in [0.4, 0.5) is 0 Å². The summed E-state index contributed by atoms with van der Waals surface area (Å²) in [6.45, 7) is 7.43. The second-order valence-electron chi connectivity index (χ2n) is 12.1. The van der Waals surface area contributed by atoms with Crippen molar-refractivity contribution in [2.75, 3.05) is 6.54 Å². The Morgan fingerprint density at radius 2 is 1.77 bits per heavy atom. The van der Waals surface area contributed by atoms with E-state index >= 15 is 0 Å². The van der Waals surface area contributed by atoms with E-state index in [1.54, 1.807) is 12.1 Å². The standard InChI is InChI=1S/C35H41N5O3/c1-23(2)27-15-17-35(18-16-27)39-32(29-13-14-30(24(3)19-29)43-22-26-7-5-4-6-8-26)34(42)40(35)21-25-9-11-28(12-10-25)33(41)38-20-31(36)37/h4-14,19,23,27H,15-18,20-22H2,1-3H3,(H3,36,37)(H,38,41). The van der Waals surface area contributed by atoms with Gasteiger partial charge < -0.3 is 20.7 Å². The van der Waals surface area contributed by atoms with Gasteiger partial charge in [-0.2, -0.15) is 0 Å². The number of benzene rings is 3. The van der Waals surface area contributed by atoms with Gasteiger partial charge in [-0.1, -0.05) is 56.3 Å². The predicted octanol–water partition coefficient (Wildman–Crippen LogP) is 5.61. The number of amides is 2. The highest BCUT2D eigenvalue weighted by Gasteiger charge is 2.49. The number of aryl methyl sites for hydroxylation is 1. The van der Waals surface area contributed by atoms with E-state index < -0.39 is 5.66 Å². The number of carbonyl (C=O) groups excluding carboxylic acids is 2. The van der Waals surface area contributed by atoms with E-state index in [0.717, 1.165) is 53.7 Å². The number of hydrogen-bond acceptors (Lipinski definition) is 5. The lowest BCUT2D eigenvalue weighted by Gasteiger charge is -2.42. The number of carbonyl (C=O) groups is 2. The number of ether oxygens (including phenoxy) is 1. The topological polar surface area (TPSA) is 121 Å². The Labute approximate surface area is 253 Å². The van der Waals surface area contributed by atoms with Crippen LogP contribution in [0, 0.1) is 24.2 Å². The van der Waals surface area contributed by atoms with Gasteiger partial charge in [0.1, 0.15) is 29.6 Å². The van der Waals surface area contributed by atoms with Crippen LogP contribution in [0.2, 0.25) is 0 Å². The molecule has 0 atom stereocenters. The van der Waals surface area contributed by atoms with Gasteiger partial charge in [-0.05, 0) is 91.5 Å². The van der Waals surface area contributed by atoms with Gasteiger partial charge in [-0.25, -0.2) is 0 Å². The Kier molecular flexibility index (Phi) is 8.94. The van der Waals surface area contributed by atoms with Gasteiger partial charge in [0.2, 0.25) is 0 Å². The number of nitrogens with zero attached hydrogens (tertiary/aromatic N) is 2. The third-order valence-electron chi connectivity index (χ3n) is 8.73. The van der Waals surface area contributed by atoms with E-state index in [-0.39, 0.29) is 24.2 Å².